The Labute approximate surface area is 101 Å². The normalized spacial score (nSPS) is 19.2. The quantitative estimate of drug-likeness (QED) is 0.885. The molecule has 0 radical (unpaired) electrons. The molecule has 0 amide bonds. The number of rotatable bonds is 2. The van der Waals surface area contributed by atoms with E-state index in [1.807, 2.05) is 0 Å². The zero-order valence-corrected chi connectivity index (χ0v) is 9.38. The molecule has 90 valence electrons. The van der Waals surface area contributed by atoms with Crippen LogP contribution in [0.1, 0.15) is 18.4 Å². The number of carboxylic acids is 1. The summed E-state index contributed by atoms with van der Waals surface area (Å²) in [7, 11) is 0. The highest BCUT2D eigenvalue weighted by Gasteiger charge is 2.56. The number of aliphatic carboxylic acids is 1. The van der Waals surface area contributed by atoms with E-state index in [2.05, 4.69) is 0 Å². The molecular weight excluding hydrogens is 251 g/mol. The summed E-state index contributed by atoms with van der Waals surface area (Å²) in [4.78, 5) is 11.2. The van der Waals surface area contributed by atoms with Crippen LogP contribution in [0.4, 0.5) is 4.39 Å². The van der Waals surface area contributed by atoms with Crippen LogP contribution in [0.15, 0.2) is 6.07 Å². The van der Waals surface area contributed by atoms with E-state index >= 15 is 0 Å². The second-order valence-corrected chi connectivity index (χ2v) is 4.58. The van der Waals surface area contributed by atoms with Gasteiger partial charge in [0.15, 0.2) is 11.5 Å². The van der Waals surface area contributed by atoms with E-state index in [4.69, 9.17) is 21.1 Å². The first-order valence-corrected chi connectivity index (χ1v) is 5.45. The Kier molecular flexibility index (Phi) is 2.04. The molecule has 1 aliphatic carbocycles. The summed E-state index contributed by atoms with van der Waals surface area (Å²) in [6.45, 7) is -0.0438. The van der Waals surface area contributed by atoms with Crippen LogP contribution < -0.4 is 9.47 Å². The van der Waals surface area contributed by atoms with Crippen LogP contribution in [0.3, 0.4) is 0 Å². The summed E-state index contributed by atoms with van der Waals surface area (Å²) in [5.41, 5.74) is -1.18. The van der Waals surface area contributed by atoms with Gasteiger partial charge >= 0.3 is 5.97 Å². The van der Waals surface area contributed by atoms with E-state index in [-0.39, 0.29) is 23.1 Å². The summed E-state index contributed by atoms with van der Waals surface area (Å²) in [5, 5.41) is 9.06. The van der Waals surface area contributed by atoms with E-state index in [0.29, 0.717) is 18.6 Å². The van der Waals surface area contributed by atoms with Gasteiger partial charge < -0.3 is 14.6 Å². The van der Waals surface area contributed by atoms with E-state index in [1.54, 1.807) is 0 Å². The lowest BCUT2D eigenvalue weighted by atomic mass is 9.94. The van der Waals surface area contributed by atoms with Gasteiger partial charge in [-0.05, 0) is 12.8 Å². The highest BCUT2D eigenvalue weighted by atomic mass is 35.5. The van der Waals surface area contributed by atoms with Crippen LogP contribution in [0.2, 0.25) is 5.02 Å². The topological polar surface area (TPSA) is 55.8 Å². The van der Waals surface area contributed by atoms with Crippen molar-refractivity contribution in [2.75, 3.05) is 6.79 Å². The third-order valence-corrected chi connectivity index (χ3v) is 3.47. The average molecular weight is 259 g/mol. The van der Waals surface area contributed by atoms with Gasteiger partial charge in [-0.15, -0.1) is 0 Å². The zero-order valence-electron chi connectivity index (χ0n) is 8.63. The van der Waals surface area contributed by atoms with Gasteiger partial charge in [0, 0.05) is 6.07 Å². The third kappa shape index (κ3) is 1.32. The van der Waals surface area contributed by atoms with Gasteiger partial charge in [0.05, 0.1) is 16.0 Å². The molecule has 1 saturated carbocycles. The predicted molar refractivity (Wildman–Crippen MR) is 56.1 cm³/mol. The fraction of sp³-hybridized carbons (Fsp3) is 0.364. The van der Waals surface area contributed by atoms with Crippen LogP contribution >= 0.6 is 11.6 Å². The monoisotopic (exact) mass is 258 g/mol. The molecule has 1 aliphatic heterocycles. The average Bonchev–Trinajstić information content (AvgIpc) is 2.95. The van der Waals surface area contributed by atoms with Crippen molar-refractivity contribution in [2.45, 2.75) is 18.3 Å². The Morgan fingerprint density at radius 1 is 1.47 bits per heavy atom. The van der Waals surface area contributed by atoms with Gasteiger partial charge in [-0.1, -0.05) is 11.6 Å². The number of hydrogen-bond donors (Lipinski definition) is 1. The van der Waals surface area contributed by atoms with Crippen LogP contribution in [-0.2, 0) is 10.2 Å². The Morgan fingerprint density at radius 2 is 2.18 bits per heavy atom. The lowest BCUT2D eigenvalue weighted by Gasteiger charge is -2.14. The molecule has 1 N–H and O–H groups in total. The molecule has 1 aromatic rings. The van der Waals surface area contributed by atoms with Gasteiger partial charge in [0.1, 0.15) is 5.82 Å². The molecule has 1 heterocycles. The zero-order chi connectivity index (χ0) is 12.2. The number of carbonyl (C=O) groups is 1. The molecule has 6 heteroatoms. The number of fused-ring (bicyclic) bond motifs is 1. The second-order valence-electron chi connectivity index (χ2n) is 4.17. The van der Waals surface area contributed by atoms with E-state index in [1.165, 1.54) is 6.07 Å². The molecule has 0 unspecified atom stereocenters. The van der Waals surface area contributed by atoms with Crippen LogP contribution in [0.5, 0.6) is 11.5 Å². The van der Waals surface area contributed by atoms with Crippen molar-refractivity contribution in [2.24, 2.45) is 0 Å². The lowest BCUT2D eigenvalue weighted by molar-refractivity contribution is -0.140. The minimum Gasteiger partial charge on any atom is -0.481 e. The molecule has 17 heavy (non-hydrogen) atoms. The number of hydrogen-bond acceptors (Lipinski definition) is 3. The van der Waals surface area contributed by atoms with Gasteiger partial charge in [0.2, 0.25) is 6.79 Å². The van der Waals surface area contributed by atoms with E-state index in [9.17, 15) is 14.3 Å². The number of halogens is 2. The number of carboxylic acid groups (broad SMARTS) is 1. The van der Waals surface area contributed by atoms with Gasteiger partial charge in [-0.3, -0.25) is 4.79 Å². The summed E-state index contributed by atoms with van der Waals surface area (Å²) >= 11 is 5.73. The number of ether oxygens (including phenoxy) is 2. The Bertz CT molecular complexity index is 525. The predicted octanol–water partition coefficient (Wildman–Crippen LogP) is 2.32. The molecule has 1 aromatic carbocycles. The molecule has 2 aliphatic rings. The van der Waals surface area contributed by atoms with Crippen molar-refractivity contribution >= 4 is 17.6 Å². The van der Waals surface area contributed by atoms with Crippen LogP contribution in [0.25, 0.3) is 0 Å². The van der Waals surface area contributed by atoms with Gasteiger partial charge in [0.25, 0.3) is 0 Å². The number of benzene rings is 1. The maximum absolute atomic E-state index is 14.0. The smallest absolute Gasteiger partial charge is 0.314 e. The minimum atomic E-state index is -1.20. The summed E-state index contributed by atoms with van der Waals surface area (Å²) in [6.07, 6.45) is 0.769. The first-order chi connectivity index (χ1) is 8.06. The van der Waals surface area contributed by atoms with Crippen molar-refractivity contribution in [3.8, 4) is 11.5 Å². The maximum atomic E-state index is 14.0. The highest BCUT2D eigenvalue weighted by Crippen LogP contribution is 2.56. The van der Waals surface area contributed by atoms with Gasteiger partial charge in [-0.2, -0.15) is 0 Å². The third-order valence-electron chi connectivity index (χ3n) is 3.19. The van der Waals surface area contributed by atoms with Crippen LogP contribution in [0, 0.1) is 5.82 Å². The van der Waals surface area contributed by atoms with Crippen LogP contribution in [-0.4, -0.2) is 17.9 Å². The molecule has 1 fully saturated rings. The Morgan fingerprint density at radius 3 is 2.76 bits per heavy atom. The summed E-state index contributed by atoms with van der Waals surface area (Å²) in [5.74, 6) is -1.31. The fourth-order valence-corrected chi connectivity index (χ4v) is 2.31. The first kappa shape index (κ1) is 10.7. The molecule has 3 rings (SSSR count). The SMILES string of the molecule is O=C(O)C1(c2c(F)c(Cl)cc3c2OCO3)CC1. The molecular formula is C11H8ClFO4. The molecule has 0 saturated heterocycles. The fourth-order valence-electron chi connectivity index (χ4n) is 2.11. The largest absolute Gasteiger partial charge is 0.481 e. The van der Waals surface area contributed by atoms with Gasteiger partial charge in [-0.25, -0.2) is 4.39 Å². The molecule has 0 bridgehead atoms. The van der Waals surface area contributed by atoms with Crippen molar-refractivity contribution in [1.82, 2.24) is 0 Å². The van der Waals surface area contributed by atoms with E-state index in [0.717, 1.165) is 0 Å². The molecule has 0 atom stereocenters. The van der Waals surface area contributed by atoms with E-state index < -0.39 is 17.2 Å². The standard InChI is InChI=1S/C11H8ClFO4/c12-5-3-6-9(17-4-16-6)7(8(5)13)11(1-2-11)10(14)15/h3H,1-2,4H2,(H,14,15). The second kappa shape index (κ2) is 3.26. The minimum absolute atomic E-state index is 0.0185. The molecule has 0 aromatic heterocycles. The molecule has 0 spiro atoms. The molecule has 4 nitrogen and oxygen atoms in total. The first-order valence-electron chi connectivity index (χ1n) is 5.08. The summed E-state index contributed by atoms with van der Waals surface area (Å²) < 4.78 is 24.3. The van der Waals surface area contributed by atoms with Crippen molar-refractivity contribution < 1.29 is 23.8 Å². The summed E-state index contributed by atoms with van der Waals surface area (Å²) in [6, 6.07) is 1.31. The maximum Gasteiger partial charge on any atom is 0.314 e. The van der Waals surface area contributed by atoms with Crippen molar-refractivity contribution in [1.29, 1.82) is 0 Å². The lowest BCUT2D eigenvalue weighted by Crippen LogP contribution is -2.21. The Hall–Kier alpha value is -1.49. The highest BCUT2D eigenvalue weighted by molar-refractivity contribution is 6.31. The Balaban J connectivity index is 2.26. The van der Waals surface area contributed by atoms with Crippen molar-refractivity contribution in [3.63, 3.8) is 0 Å². The van der Waals surface area contributed by atoms with Crippen molar-refractivity contribution in [3.05, 3.63) is 22.5 Å².